The fourth-order valence-electron chi connectivity index (χ4n) is 1.28. The van der Waals surface area contributed by atoms with Crippen LogP contribution in [0.2, 0.25) is 0 Å². The molecular formula is C8H7NO3. The van der Waals surface area contributed by atoms with Gasteiger partial charge in [-0.2, -0.15) is 5.06 Å². The van der Waals surface area contributed by atoms with Crippen LogP contribution in [0.4, 0.5) is 0 Å². The van der Waals surface area contributed by atoms with Gasteiger partial charge in [-0.25, -0.2) is 0 Å². The molecule has 2 rings (SSSR count). The van der Waals surface area contributed by atoms with Crippen LogP contribution in [0, 0.1) is 0 Å². The number of benzene rings is 1. The Morgan fingerprint density at radius 2 is 2.00 bits per heavy atom. The van der Waals surface area contributed by atoms with Gasteiger partial charge in [-0.1, -0.05) is 18.2 Å². The Hall–Kier alpha value is -1.39. The van der Waals surface area contributed by atoms with Crippen LogP contribution >= 0.6 is 0 Å². The molecule has 0 bridgehead atoms. The second kappa shape index (κ2) is 2.30. The summed E-state index contributed by atoms with van der Waals surface area (Å²) in [5.74, 6) is -0.557. The maximum Gasteiger partial charge on any atom is 0.280 e. The molecule has 12 heavy (non-hydrogen) atoms. The summed E-state index contributed by atoms with van der Waals surface area (Å²) in [7, 11) is 0. The van der Waals surface area contributed by atoms with Gasteiger partial charge in [0.05, 0.1) is 0 Å². The van der Waals surface area contributed by atoms with E-state index in [2.05, 4.69) is 0 Å². The fourth-order valence-corrected chi connectivity index (χ4v) is 1.28. The van der Waals surface area contributed by atoms with Gasteiger partial charge in [0, 0.05) is 11.1 Å². The smallest absolute Gasteiger partial charge is 0.280 e. The number of nitrogens with zero attached hydrogens (tertiary/aromatic N) is 1. The first-order valence-corrected chi connectivity index (χ1v) is 3.51. The maximum absolute atomic E-state index is 11.1. The summed E-state index contributed by atoms with van der Waals surface area (Å²) in [5.41, 5.74) is 0.803. The number of hydrogen-bond donors (Lipinski definition) is 2. The second-order valence-corrected chi connectivity index (χ2v) is 2.61. The molecule has 1 aromatic rings. The van der Waals surface area contributed by atoms with Gasteiger partial charge in [0.1, 0.15) is 0 Å². The molecule has 1 atom stereocenters. The molecule has 2 N–H and O–H groups in total. The lowest BCUT2D eigenvalue weighted by Crippen LogP contribution is -2.23. The molecule has 1 aliphatic heterocycles. The zero-order valence-electron chi connectivity index (χ0n) is 6.14. The number of carbonyl (C=O) groups excluding carboxylic acids is 1. The van der Waals surface area contributed by atoms with E-state index in [-0.39, 0.29) is 0 Å². The van der Waals surface area contributed by atoms with Crippen LogP contribution in [0.15, 0.2) is 24.3 Å². The third kappa shape index (κ3) is 0.760. The van der Waals surface area contributed by atoms with E-state index in [1.807, 2.05) is 0 Å². The molecule has 4 heteroatoms. The number of rotatable bonds is 0. The molecule has 1 amide bonds. The molecule has 1 aromatic carbocycles. The highest BCUT2D eigenvalue weighted by atomic mass is 16.5. The van der Waals surface area contributed by atoms with Gasteiger partial charge in [-0.15, -0.1) is 0 Å². The van der Waals surface area contributed by atoms with E-state index >= 15 is 0 Å². The largest absolute Gasteiger partial charge is 0.367 e. The molecule has 0 radical (unpaired) electrons. The zero-order valence-corrected chi connectivity index (χ0v) is 6.14. The number of aliphatic hydroxyl groups excluding tert-OH is 1. The van der Waals surface area contributed by atoms with E-state index in [0.717, 1.165) is 0 Å². The summed E-state index contributed by atoms with van der Waals surface area (Å²) in [6.07, 6.45) is -1.21. The van der Waals surface area contributed by atoms with Crippen molar-refractivity contribution in [1.82, 2.24) is 5.06 Å². The molecule has 0 aliphatic carbocycles. The lowest BCUT2D eigenvalue weighted by atomic mass is 10.1. The molecule has 0 saturated heterocycles. The van der Waals surface area contributed by atoms with Gasteiger partial charge in [-0.3, -0.25) is 10.0 Å². The molecule has 62 valence electrons. The summed E-state index contributed by atoms with van der Waals surface area (Å²) >= 11 is 0. The van der Waals surface area contributed by atoms with Crippen molar-refractivity contribution in [3.63, 3.8) is 0 Å². The summed E-state index contributed by atoms with van der Waals surface area (Å²) in [4.78, 5) is 11.1. The highest BCUT2D eigenvalue weighted by molar-refractivity contribution is 5.97. The van der Waals surface area contributed by atoms with Crippen molar-refractivity contribution < 1.29 is 15.1 Å². The highest BCUT2D eigenvalue weighted by Gasteiger charge is 2.33. The van der Waals surface area contributed by atoms with Crippen molar-refractivity contribution in [2.75, 3.05) is 0 Å². The zero-order chi connectivity index (χ0) is 8.72. The van der Waals surface area contributed by atoms with Gasteiger partial charge in [0.2, 0.25) is 0 Å². The average Bonchev–Trinajstić information content (AvgIpc) is 2.33. The van der Waals surface area contributed by atoms with Crippen LogP contribution in [0.3, 0.4) is 0 Å². The Labute approximate surface area is 68.6 Å². The summed E-state index contributed by atoms with van der Waals surface area (Å²) in [5, 5.41) is 18.6. The average molecular weight is 165 g/mol. The molecule has 1 heterocycles. The quantitative estimate of drug-likeness (QED) is 0.551. The second-order valence-electron chi connectivity index (χ2n) is 2.61. The number of fused-ring (bicyclic) bond motifs is 1. The van der Waals surface area contributed by atoms with E-state index in [1.165, 1.54) is 0 Å². The van der Waals surface area contributed by atoms with Gasteiger partial charge >= 0.3 is 0 Å². The minimum atomic E-state index is -1.21. The first-order valence-electron chi connectivity index (χ1n) is 3.51. The monoisotopic (exact) mass is 165 g/mol. The van der Waals surface area contributed by atoms with E-state index in [4.69, 9.17) is 5.21 Å². The fraction of sp³-hybridized carbons (Fsp3) is 0.125. The highest BCUT2D eigenvalue weighted by Crippen LogP contribution is 2.29. The van der Waals surface area contributed by atoms with Gasteiger partial charge < -0.3 is 5.11 Å². The molecule has 1 aliphatic rings. The Morgan fingerprint density at radius 1 is 1.33 bits per heavy atom. The van der Waals surface area contributed by atoms with Crippen molar-refractivity contribution >= 4 is 5.91 Å². The van der Waals surface area contributed by atoms with Crippen LogP contribution in [-0.2, 0) is 0 Å². The number of hydroxylamine groups is 2. The number of hydrogen-bond acceptors (Lipinski definition) is 3. The van der Waals surface area contributed by atoms with E-state index in [9.17, 15) is 9.90 Å². The first-order chi connectivity index (χ1) is 5.72. The normalized spacial score (nSPS) is 21.3. The Balaban J connectivity index is 2.59. The number of aliphatic hydroxyl groups is 1. The standard InChI is InChI=1S/C8H7NO3/c10-7-5-3-1-2-4-6(5)8(11)9(7)12/h1-4,7,10,12H. The number of amides is 1. The maximum atomic E-state index is 11.1. The first kappa shape index (κ1) is 7.27. The molecule has 0 fully saturated rings. The molecule has 0 saturated carbocycles. The third-order valence-corrected chi connectivity index (χ3v) is 1.91. The molecule has 4 nitrogen and oxygen atoms in total. The topological polar surface area (TPSA) is 60.8 Å². The predicted octanol–water partition coefficient (Wildman–Crippen LogP) is 0.522. The Bertz CT molecular complexity index is 337. The molecule has 0 spiro atoms. The third-order valence-electron chi connectivity index (χ3n) is 1.91. The summed E-state index contributed by atoms with van der Waals surface area (Å²) in [6.45, 7) is 0. The van der Waals surface area contributed by atoms with Gasteiger partial charge in [0.25, 0.3) is 5.91 Å². The minimum absolute atomic E-state index is 0.324. The van der Waals surface area contributed by atoms with E-state index < -0.39 is 12.1 Å². The number of carbonyl (C=O) groups is 1. The van der Waals surface area contributed by atoms with Gasteiger partial charge in [-0.05, 0) is 6.07 Å². The van der Waals surface area contributed by atoms with Crippen LogP contribution in [0.25, 0.3) is 0 Å². The summed E-state index contributed by atoms with van der Waals surface area (Å²) in [6, 6.07) is 6.56. The van der Waals surface area contributed by atoms with Crippen LogP contribution in [0.5, 0.6) is 0 Å². The van der Waals surface area contributed by atoms with Crippen molar-refractivity contribution in [2.24, 2.45) is 0 Å². The minimum Gasteiger partial charge on any atom is -0.367 e. The SMILES string of the molecule is O=C1c2ccccc2C(O)N1O. The van der Waals surface area contributed by atoms with Crippen LogP contribution < -0.4 is 0 Å². The predicted molar refractivity (Wildman–Crippen MR) is 39.4 cm³/mol. The molecular weight excluding hydrogens is 158 g/mol. The Kier molecular flexibility index (Phi) is 1.39. The van der Waals surface area contributed by atoms with Crippen LogP contribution in [-0.4, -0.2) is 21.3 Å². The van der Waals surface area contributed by atoms with Gasteiger partial charge in [0.15, 0.2) is 6.23 Å². The van der Waals surface area contributed by atoms with Crippen molar-refractivity contribution in [2.45, 2.75) is 6.23 Å². The Morgan fingerprint density at radius 3 is 2.67 bits per heavy atom. The summed E-state index contributed by atoms with van der Waals surface area (Å²) < 4.78 is 0. The van der Waals surface area contributed by atoms with Crippen molar-refractivity contribution in [1.29, 1.82) is 0 Å². The molecule has 1 unspecified atom stereocenters. The van der Waals surface area contributed by atoms with E-state index in [1.54, 1.807) is 24.3 Å². The molecule has 0 aromatic heterocycles. The van der Waals surface area contributed by atoms with E-state index in [0.29, 0.717) is 16.2 Å². The van der Waals surface area contributed by atoms with Crippen molar-refractivity contribution in [3.05, 3.63) is 35.4 Å². The van der Waals surface area contributed by atoms with Crippen LogP contribution in [0.1, 0.15) is 22.1 Å². The lowest BCUT2D eigenvalue weighted by molar-refractivity contribution is -0.152. The lowest BCUT2D eigenvalue weighted by Gasteiger charge is -2.10. The van der Waals surface area contributed by atoms with Crippen molar-refractivity contribution in [3.8, 4) is 0 Å².